The van der Waals surface area contributed by atoms with Crippen LogP contribution in [0.4, 0.5) is 0 Å². The van der Waals surface area contributed by atoms with Gasteiger partial charge >= 0.3 is 5.97 Å². The zero-order chi connectivity index (χ0) is 13.7. The van der Waals surface area contributed by atoms with Crippen molar-refractivity contribution in [2.24, 2.45) is 0 Å². The molecule has 0 aliphatic heterocycles. The minimum Gasteiger partial charge on any atom is -0.481 e. The van der Waals surface area contributed by atoms with Crippen molar-refractivity contribution in [1.29, 1.82) is 0 Å². The first-order valence-electron chi connectivity index (χ1n) is 6.43. The second-order valence-electron chi connectivity index (χ2n) is 4.90. The lowest BCUT2D eigenvalue weighted by Gasteiger charge is -2.00. The summed E-state index contributed by atoms with van der Waals surface area (Å²) in [6, 6.07) is 7.80. The molecule has 0 spiro atoms. The van der Waals surface area contributed by atoms with Crippen molar-refractivity contribution >= 4 is 28.3 Å². The van der Waals surface area contributed by atoms with Crippen LogP contribution < -0.4 is 0 Å². The number of carbonyl (C=O) groups is 1. The predicted octanol–water partition coefficient (Wildman–Crippen LogP) is 3.67. The lowest BCUT2D eigenvalue weighted by Crippen LogP contribution is -2.08. The van der Waals surface area contributed by atoms with Crippen molar-refractivity contribution in [1.82, 2.24) is 4.98 Å². The molecule has 5 heteroatoms. The maximum absolute atomic E-state index is 11.2. The Labute approximate surface area is 118 Å². The summed E-state index contributed by atoms with van der Waals surface area (Å²) in [5, 5.41) is 11.1. The summed E-state index contributed by atoms with van der Waals surface area (Å²) in [5.74, 6) is -1.23. The lowest BCUT2D eigenvalue weighted by molar-refractivity contribution is -0.138. The van der Waals surface area contributed by atoms with Crippen molar-refractivity contribution in [3.63, 3.8) is 0 Å². The number of carboxylic acid groups (broad SMARTS) is 1. The van der Waals surface area contributed by atoms with Gasteiger partial charge in [0.2, 0.25) is 0 Å². The number of fused-ring (bicyclic) bond motifs is 2. The van der Waals surface area contributed by atoms with E-state index in [9.17, 15) is 9.90 Å². The van der Waals surface area contributed by atoms with Crippen LogP contribution in [0.5, 0.6) is 0 Å². The maximum atomic E-state index is 11.2. The number of nitrogens with zero attached hydrogens (tertiary/aromatic N) is 1. The molecule has 20 heavy (non-hydrogen) atoms. The van der Waals surface area contributed by atoms with E-state index in [1.165, 1.54) is 0 Å². The fourth-order valence-electron chi connectivity index (χ4n) is 2.73. The lowest BCUT2D eigenvalue weighted by atomic mass is 10.1. The van der Waals surface area contributed by atoms with Crippen LogP contribution in [-0.2, 0) is 11.2 Å². The number of carboxylic acids is 1. The first kappa shape index (κ1) is 11.7. The van der Waals surface area contributed by atoms with Crippen LogP contribution >= 0.6 is 11.3 Å². The van der Waals surface area contributed by atoms with Gasteiger partial charge in [-0.15, -0.1) is 11.3 Å². The molecule has 3 aromatic rings. The Morgan fingerprint density at radius 3 is 3.10 bits per heavy atom. The van der Waals surface area contributed by atoms with Crippen molar-refractivity contribution in [3.05, 3.63) is 41.1 Å². The third kappa shape index (κ3) is 1.59. The zero-order valence-corrected chi connectivity index (χ0v) is 11.3. The van der Waals surface area contributed by atoms with E-state index >= 15 is 0 Å². The molecule has 0 radical (unpaired) electrons. The summed E-state index contributed by atoms with van der Waals surface area (Å²) in [7, 11) is 0. The van der Waals surface area contributed by atoms with E-state index in [1.807, 2.05) is 24.3 Å². The fraction of sp³-hybridized carbons (Fsp3) is 0.200. The highest BCUT2D eigenvalue weighted by Crippen LogP contribution is 2.41. The quantitative estimate of drug-likeness (QED) is 0.780. The van der Waals surface area contributed by atoms with Gasteiger partial charge in [-0.3, -0.25) is 4.79 Å². The summed E-state index contributed by atoms with van der Waals surface area (Å²) in [4.78, 5) is 16.9. The monoisotopic (exact) mass is 285 g/mol. The number of aryl methyl sites for hydroxylation is 1. The highest BCUT2D eigenvalue weighted by molar-refractivity contribution is 7.15. The molecule has 0 saturated heterocycles. The van der Waals surface area contributed by atoms with E-state index in [2.05, 4.69) is 4.98 Å². The van der Waals surface area contributed by atoms with E-state index in [-0.39, 0.29) is 0 Å². The highest BCUT2D eigenvalue weighted by atomic mass is 32.1. The molecule has 0 bridgehead atoms. The molecule has 1 N–H and O–H groups in total. The summed E-state index contributed by atoms with van der Waals surface area (Å²) in [6.45, 7) is 0. The molecule has 1 atom stereocenters. The van der Waals surface area contributed by atoms with Crippen LogP contribution in [0.25, 0.3) is 21.5 Å². The Morgan fingerprint density at radius 1 is 1.40 bits per heavy atom. The van der Waals surface area contributed by atoms with Crippen LogP contribution in [0, 0.1) is 0 Å². The summed E-state index contributed by atoms with van der Waals surface area (Å²) < 4.78 is 5.53. The molecule has 0 saturated carbocycles. The SMILES string of the molecule is O=C(O)C1CCc2sc(-c3coc4ccccc34)nc21. The number of aromatic nitrogens is 1. The van der Waals surface area contributed by atoms with Crippen molar-refractivity contribution in [2.75, 3.05) is 0 Å². The van der Waals surface area contributed by atoms with Crippen LogP contribution in [0.2, 0.25) is 0 Å². The van der Waals surface area contributed by atoms with Gasteiger partial charge in [0.15, 0.2) is 0 Å². The summed E-state index contributed by atoms with van der Waals surface area (Å²) >= 11 is 1.58. The average molecular weight is 285 g/mol. The van der Waals surface area contributed by atoms with E-state index in [1.54, 1.807) is 17.6 Å². The molecule has 0 fully saturated rings. The number of furan rings is 1. The molecule has 0 amide bonds. The third-order valence-corrected chi connectivity index (χ3v) is 4.89. The molecule has 1 aliphatic rings. The fourth-order valence-corrected chi connectivity index (χ4v) is 3.88. The van der Waals surface area contributed by atoms with E-state index in [0.717, 1.165) is 38.5 Å². The Kier molecular flexibility index (Phi) is 2.44. The molecular formula is C15H11NO3S. The highest BCUT2D eigenvalue weighted by Gasteiger charge is 2.32. The smallest absolute Gasteiger partial charge is 0.312 e. The number of hydrogen-bond donors (Lipinski definition) is 1. The van der Waals surface area contributed by atoms with Gasteiger partial charge in [0.25, 0.3) is 0 Å². The molecule has 2 aromatic heterocycles. The van der Waals surface area contributed by atoms with E-state index in [0.29, 0.717) is 6.42 Å². The van der Waals surface area contributed by atoms with E-state index < -0.39 is 11.9 Å². The number of rotatable bonds is 2. The van der Waals surface area contributed by atoms with E-state index in [4.69, 9.17) is 4.42 Å². The van der Waals surface area contributed by atoms with Crippen LogP contribution in [0.15, 0.2) is 34.9 Å². The first-order valence-corrected chi connectivity index (χ1v) is 7.24. The van der Waals surface area contributed by atoms with Gasteiger partial charge in [0.05, 0.1) is 11.3 Å². The Hall–Kier alpha value is -2.14. The van der Waals surface area contributed by atoms with Gasteiger partial charge in [-0.1, -0.05) is 18.2 Å². The minimum atomic E-state index is -0.780. The topological polar surface area (TPSA) is 63.3 Å². The van der Waals surface area contributed by atoms with Gasteiger partial charge in [-0.05, 0) is 18.9 Å². The molecule has 1 aliphatic carbocycles. The first-order chi connectivity index (χ1) is 9.74. The number of aliphatic carboxylic acids is 1. The van der Waals surface area contributed by atoms with Crippen molar-refractivity contribution < 1.29 is 14.3 Å². The molecule has 1 aromatic carbocycles. The molecule has 4 rings (SSSR count). The van der Waals surface area contributed by atoms with Gasteiger partial charge < -0.3 is 9.52 Å². The van der Waals surface area contributed by atoms with Gasteiger partial charge in [-0.2, -0.15) is 0 Å². The zero-order valence-electron chi connectivity index (χ0n) is 10.5. The normalized spacial score (nSPS) is 17.5. The number of hydrogen-bond acceptors (Lipinski definition) is 4. The molecular weight excluding hydrogens is 274 g/mol. The predicted molar refractivity (Wildman–Crippen MR) is 76.0 cm³/mol. The summed E-state index contributed by atoms with van der Waals surface area (Å²) in [5.41, 5.74) is 2.51. The molecule has 4 nitrogen and oxygen atoms in total. The Bertz CT molecular complexity index is 818. The molecule has 1 unspecified atom stereocenters. The molecule has 2 heterocycles. The van der Waals surface area contributed by atoms with Gasteiger partial charge in [0.1, 0.15) is 22.8 Å². The van der Waals surface area contributed by atoms with Crippen LogP contribution in [0.3, 0.4) is 0 Å². The summed E-state index contributed by atoms with van der Waals surface area (Å²) in [6.07, 6.45) is 3.17. The standard InChI is InChI=1S/C15H11NO3S/c17-15(18)9-5-6-12-13(9)16-14(20-12)10-7-19-11-4-2-1-3-8(10)11/h1-4,7,9H,5-6H2,(H,17,18). The van der Waals surface area contributed by atoms with Crippen molar-refractivity contribution in [2.45, 2.75) is 18.8 Å². The largest absolute Gasteiger partial charge is 0.481 e. The minimum absolute atomic E-state index is 0.451. The van der Waals surface area contributed by atoms with Gasteiger partial charge in [0, 0.05) is 10.3 Å². The second-order valence-corrected chi connectivity index (χ2v) is 5.99. The molecule has 100 valence electrons. The van der Waals surface area contributed by atoms with Crippen LogP contribution in [-0.4, -0.2) is 16.1 Å². The van der Waals surface area contributed by atoms with Crippen LogP contribution in [0.1, 0.15) is 22.9 Å². The maximum Gasteiger partial charge on any atom is 0.312 e. The Morgan fingerprint density at radius 2 is 2.25 bits per heavy atom. The Balaban J connectivity index is 1.85. The number of para-hydroxylation sites is 1. The number of thiazole rings is 1. The number of benzene rings is 1. The second kappa shape index (κ2) is 4.18. The third-order valence-electron chi connectivity index (χ3n) is 3.73. The van der Waals surface area contributed by atoms with Gasteiger partial charge in [-0.25, -0.2) is 4.98 Å². The van der Waals surface area contributed by atoms with Crippen molar-refractivity contribution in [3.8, 4) is 10.6 Å². The average Bonchev–Trinajstić information content (AvgIpc) is 3.10.